The Bertz CT molecular complexity index is 1100. The van der Waals surface area contributed by atoms with Crippen molar-refractivity contribution in [2.75, 3.05) is 6.54 Å². The molecule has 1 aliphatic carbocycles. The van der Waals surface area contributed by atoms with Crippen LogP contribution in [0.2, 0.25) is 0 Å². The minimum Gasteiger partial charge on any atom is -0.335 e. The Morgan fingerprint density at radius 1 is 1.07 bits per heavy atom. The number of aromatic amines is 1. The lowest BCUT2D eigenvalue weighted by molar-refractivity contribution is -0.136. The lowest BCUT2D eigenvalue weighted by atomic mass is 9.75. The number of benzene rings is 2. The molecule has 2 atom stereocenters. The van der Waals surface area contributed by atoms with Crippen LogP contribution in [-0.2, 0) is 11.2 Å². The number of rotatable bonds is 4. The van der Waals surface area contributed by atoms with Gasteiger partial charge < -0.3 is 9.88 Å². The molecule has 0 unspecified atom stereocenters. The van der Waals surface area contributed by atoms with Crippen LogP contribution in [-0.4, -0.2) is 27.3 Å². The molecule has 28 heavy (non-hydrogen) atoms. The van der Waals surface area contributed by atoms with Crippen molar-refractivity contribution in [2.45, 2.75) is 44.1 Å². The second-order valence-electron chi connectivity index (χ2n) is 7.85. The van der Waals surface area contributed by atoms with Crippen LogP contribution in [0.3, 0.4) is 0 Å². The topological polar surface area (TPSA) is 66.1 Å². The summed E-state index contributed by atoms with van der Waals surface area (Å²) in [5, 5.41) is 0.602. The number of piperidine rings is 1. The number of nitrogens with zero attached hydrogens (tertiary/aromatic N) is 2. The Kier molecular flexibility index (Phi) is 4.23. The highest BCUT2D eigenvalue weighted by atomic mass is 16.2. The number of amides is 1. The molecular weight excluding hydrogens is 350 g/mol. The number of carbonyl (C=O) groups is 1. The van der Waals surface area contributed by atoms with Gasteiger partial charge in [0.25, 0.3) is 5.56 Å². The van der Waals surface area contributed by atoms with E-state index in [1.807, 2.05) is 18.2 Å². The molecule has 2 aromatic carbocycles. The Labute approximate surface area is 163 Å². The van der Waals surface area contributed by atoms with E-state index in [0.29, 0.717) is 41.9 Å². The molecule has 0 spiro atoms. The molecule has 1 N–H and O–H groups in total. The van der Waals surface area contributed by atoms with Crippen molar-refractivity contribution in [3.05, 3.63) is 75.8 Å². The number of aryl methyl sites for hydroxylation is 1. The number of hydrogen-bond donors (Lipinski definition) is 1. The molecule has 1 aromatic heterocycles. The highest BCUT2D eigenvalue weighted by Gasteiger charge is 2.39. The predicted octanol–water partition coefficient (Wildman–Crippen LogP) is 3.71. The van der Waals surface area contributed by atoms with Gasteiger partial charge in [0, 0.05) is 25.3 Å². The van der Waals surface area contributed by atoms with E-state index in [1.54, 1.807) is 6.07 Å². The maximum absolute atomic E-state index is 12.9. The van der Waals surface area contributed by atoms with Gasteiger partial charge in [-0.1, -0.05) is 36.4 Å². The van der Waals surface area contributed by atoms with Crippen LogP contribution in [0.4, 0.5) is 0 Å². The fourth-order valence-corrected chi connectivity index (χ4v) is 4.81. The van der Waals surface area contributed by atoms with E-state index >= 15 is 0 Å². The first kappa shape index (κ1) is 17.2. The first-order valence-corrected chi connectivity index (χ1v) is 10.1. The zero-order valence-electron chi connectivity index (χ0n) is 15.7. The van der Waals surface area contributed by atoms with Crippen molar-refractivity contribution in [2.24, 2.45) is 0 Å². The third-order valence-corrected chi connectivity index (χ3v) is 6.16. The van der Waals surface area contributed by atoms with Crippen molar-refractivity contribution >= 4 is 16.8 Å². The van der Waals surface area contributed by atoms with E-state index in [1.165, 1.54) is 17.5 Å². The maximum atomic E-state index is 12.9. The summed E-state index contributed by atoms with van der Waals surface area (Å²) < 4.78 is 0. The first-order chi connectivity index (χ1) is 13.7. The Morgan fingerprint density at radius 2 is 1.86 bits per heavy atom. The summed E-state index contributed by atoms with van der Waals surface area (Å²) in [6, 6.07) is 16.1. The molecule has 1 saturated heterocycles. The molecule has 6 rings (SSSR count). The van der Waals surface area contributed by atoms with Gasteiger partial charge in [-0.2, -0.15) is 0 Å². The lowest BCUT2D eigenvalue weighted by Crippen LogP contribution is -2.45. The molecule has 0 saturated carbocycles. The van der Waals surface area contributed by atoms with Crippen LogP contribution in [0.5, 0.6) is 0 Å². The van der Waals surface area contributed by atoms with Crippen LogP contribution in [0.1, 0.15) is 54.6 Å². The van der Waals surface area contributed by atoms with Gasteiger partial charge in [-0.3, -0.25) is 9.59 Å². The highest BCUT2D eigenvalue weighted by Crippen LogP contribution is 2.46. The molecule has 1 amide bonds. The molecule has 3 heterocycles. The van der Waals surface area contributed by atoms with E-state index in [-0.39, 0.29) is 17.5 Å². The number of fused-ring (bicyclic) bond motifs is 3. The molecular formula is C23H23N3O2. The van der Waals surface area contributed by atoms with Crippen molar-refractivity contribution in [1.82, 2.24) is 14.9 Å². The molecule has 2 bridgehead atoms. The predicted molar refractivity (Wildman–Crippen MR) is 108 cm³/mol. The summed E-state index contributed by atoms with van der Waals surface area (Å²) in [4.78, 5) is 34.5. The Hall–Kier alpha value is -2.95. The molecule has 3 aromatic rings. The fourth-order valence-electron chi connectivity index (χ4n) is 4.81. The number of para-hydroxylation sites is 1. The number of hydrogen-bond acceptors (Lipinski definition) is 3. The van der Waals surface area contributed by atoms with Gasteiger partial charge in [0.2, 0.25) is 5.91 Å². The minimum atomic E-state index is -0.114. The number of aromatic nitrogens is 2. The van der Waals surface area contributed by atoms with Gasteiger partial charge in [0.05, 0.1) is 16.9 Å². The standard InChI is InChI=1S/C23H23N3O2/c27-22(26-14-15-12-13-20(26)17-7-2-1-6-16(15)17)11-5-10-21-24-19-9-4-3-8-18(19)23(28)25-21/h1-4,6-9,15,20H,5,10-14H2,(H,24,25,28)/t15-,20-/m0/s1. The summed E-state index contributed by atoms with van der Waals surface area (Å²) >= 11 is 0. The molecule has 2 aliphatic heterocycles. The third-order valence-electron chi connectivity index (χ3n) is 6.16. The van der Waals surface area contributed by atoms with E-state index in [2.05, 4.69) is 39.1 Å². The molecule has 142 valence electrons. The summed E-state index contributed by atoms with van der Waals surface area (Å²) in [7, 11) is 0. The van der Waals surface area contributed by atoms with Crippen LogP contribution >= 0.6 is 0 Å². The van der Waals surface area contributed by atoms with E-state index < -0.39 is 0 Å². The molecule has 3 aliphatic rings. The second-order valence-corrected chi connectivity index (χ2v) is 7.85. The summed E-state index contributed by atoms with van der Waals surface area (Å²) in [6.45, 7) is 0.839. The van der Waals surface area contributed by atoms with Crippen molar-refractivity contribution < 1.29 is 4.79 Å². The zero-order valence-corrected chi connectivity index (χ0v) is 15.7. The van der Waals surface area contributed by atoms with Crippen molar-refractivity contribution in [1.29, 1.82) is 0 Å². The van der Waals surface area contributed by atoms with Crippen LogP contribution < -0.4 is 5.56 Å². The fraction of sp³-hybridized carbons (Fsp3) is 0.348. The van der Waals surface area contributed by atoms with Gasteiger partial charge >= 0.3 is 0 Å². The smallest absolute Gasteiger partial charge is 0.258 e. The second kappa shape index (κ2) is 6.89. The van der Waals surface area contributed by atoms with Gasteiger partial charge in [-0.05, 0) is 42.5 Å². The van der Waals surface area contributed by atoms with Crippen LogP contribution in [0.15, 0.2) is 53.3 Å². The van der Waals surface area contributed by atoms with Crippen molar-refractivity contribution in [3.63, 3.8) is 0 Å². The van der Waals surface area contributed by atoms with Crippen LogP contribution in [0.25, 0.3) is 10.9 Å². The molecule has 5 nitrogen and oxygen atoms in total. The maximum Gasteiger partial charge on any atom is 0.258 e. The van der Waals surface area contributed by atoms with Gasteiger partial charge in [-0.15, -0.1) is 0 Å². The highest BCUT2D eigenvalue weighted by molar-refractivity contribution is 5.78. The summed E-state index contributed by atoms with van der Waals surface area (Å²) in [5.74, 6) is 1.35. The van der Waals surface area contributed by atoms with Gasteiger partial charge in [-0.25, -0.2) is 4.98 Å². The SMILES string of the molecule is O=C(CCCc1nc2ccccc2c(=O)[nH]1)N1C[C@@H]2CC[C@H]1c1ccccc12. The molecule has 1 fully saturated rings. The average Bonchev–Trinajstić information content (AvgIpc) is 2.74. The molecule has 0 radical (unpaired) electrons. The van der Waals surface area contributed by atoms with E-state index in [9.17, 15) is 9.59 Å². The molecule has 5 heteroatoms. The minimum absolute atomic E-state index is 0.114. The monoisotopic (exact) mass is 373 g/mol. The van der Waals surface area contributed by atoms with Crippen molar-refractivity contribution in [3.8, 4) is 0 Å². The lowest BCUT2D eigenvalue weighted by Gasteiger charge is -2.46. The average molecular weight is 373 g/mol. The normalized spacial score (nSPS) is 20.4. The number of carbonyl (C=O) groups excluding carboxylic acids is 1. The Balaban J connectivity index is 1.26. The zero-order chi connectivity index (χ0) is 19.1. The first-order valence-electron chi connectivity index (χ1n) is 10.1. The van der Waals surface area contributed by atoms with E-state index in [0.717, 1.165) is 13.0 Å². The Morgan fingerprint density at radius 3 is 2.75 bits per heavy atom. The van der Waals surface area contributed by atoms with E-state index in [4.69, 9.17) is 0 Å². The van der Waals surface area contributed by atoms with Crippen LogP contribution in [0, 0.1) is 0 Å². The number of H-pyrrole nitrogens is 1. The summed E-state index contributed by atoms with van der Waals surface area (Å²) in [6.07, 6.45) is 4.02. The van der Waals surface area contributed by atoms with Gasteiger partial charge in [0.1, 0.15) is 5.82 Å². The van der Waals surface area contributed by atoms with Gasteiger partial charge in [0.15, 0.2) is 0 Å². The third kappa shape index (κ3) is 2.91. The number of nitrogens with one attached hydrogen (secondary N) is 1. The summed E-state index contributed by atoms with van der Waals surface area (Å²) in [5.41, 5.74) is 3.36. The quantitative estimate of drug-likeness (QED) is 0.758. The largest absolute Gasteiger partial charge is 0.335 e.